The third-order valence-electron chi connectivity index (χ3n) is 14.8. The summed E-state index contributed by atoms with van der Waals surface area (Å²) < 4.78 is 27.7. The van der Waals surface area contributed by atoms with Gasteiger partial charge in [-0.2, -0.15) is 25.3 Å². The minimum atomic E-state index is -2.04. The molecule has 1 fully saturated rings. The molecule has 0 bridgehead atoms. The summed E-state index contributed by atoms with van der Waals surface area (Å²) in [6.45, 7) is 1.99. The van der Waals surface area contributed by atoms with Gasteiger partial charge in [-0.1, -0.05) is 37.3 Å². The molecule has 1 saturated heterocycles. The van der Waals surface area contributed by atoms with Crippen molar-refractivity contribution in [3.63, 3.8) is 0 Å². The first-order valence-electron chi connectivity index (χ1n) is 25.6. The quantitative estimate of drug-likeness (QED) is 0.0368. The molecule has 4 aliphatic rings. The van der Waals surface area contributed by atoms with E-state index in [1.165, 1.54) is 27.3 Å². The molecule has 19 nitrogen and oxygen atoms in total. The number of fused-ring (bicyclic) bond motifs is 5. The second-order valence-corrected chi connectivity index (χ2v) is 20.8. The van der Waals surface area contributed by atoms with Crippen molar-refractivity contribution < 1.29 is 62.1 Å². The average Bonchev–Trinajstić information content (AvgIpc) is 4.03. The zero-order chi connectivity index (χ0) is 54.4. The van der Waals surface area contributed by atoms with Crippen LogP contribution < -0.4 is 21.5 Å². The van der Waals surface area contributed by atoms with Crippen molar-refractivity contribution >= 4 is 89.0 Å². The molecule has 0 radical (unpaired) electrons. The summed E-state index contributed by atoms with van der Waals surface area (Å²) in [4.78, 5) is 135. The fourth-order valence-corrected chi connectivity index (χ4v) is 11.2. The van der Waals surface area contributed by atoms with Crippen LogP contribution in [0.1, 0.15) is 116 Å². The van der Waals surface area contributed by atoms with Crippen LogP contribution in [0.5, 0.6) is 0 Å². The monoisotopic (exact) mass is 1100 g/mol. The van der Waals surface area contributed by atoms with E-state index in [9.17, 15) is 53.1 Å². The lowest BCUT2D eigenvalue weighted by molar-refractivity contribution is -0.172. The number of aryl methyl sites for hydroxylation is 1. The number of carbonyl (C=O) groups is 9. The predicted octanol–water partition coefficient (Wildman–Crippen LogP) is 3.78. The first-order valence-corrected chi connectivity index (χ1v) is 26.9. The molecular weight excluding hydrogens is 1040 g/mol. The number of pyridine rings is 2. The Labute approximate surface area is 454 Å². The Hall–Kier alpha value is -6.62. The van der Waals surface area contributed by atoms with Crippen LogP contribution in [0.3, 0.4) is 0 Å². The number of nitrogens with one attached hydrogen (secondary N) is 3. The van der Waals surface area contributed by atoms with Gasteiger partial charge >= 0.3 is 5.97 Å². The summed E-state index contributed by atoms with van der Waals surface area (Å²) in [5.41, 5.74) is 2.08. The number of nitrogens with zero attached hydrogens (tertiary/aromatic N) is 3. The van der Waals surface area contributed by atoms with Crippen LogP contribution in [0.15, 0.2) is 47.3 Å². The number of aromatic nitrogens is 2. The third kappa shape index (κ3) is 12.7. The molecule has 0 spiro atoms. The standard InChI is InChI=1S/C55H61FN6O13S.H2S/c1-4-55(73)39-22-43-50-37(27-62(43)52(70)38(39)28-75-54(55)72)49-41(15-14-36-30(2)40(56)23-42(60-50)48(36)49)59-46(67)29-74-19-17-34(64)25-58-51(69)32(20-31-10-6-5-7-11-31)21-35(65)26-57-45(66)16-13-33(63)12-8-9-18-61-47(68)24-44(76-3)53(61)71;/h5-7,10-11,22-23,32,41,44,73H,4,8-9,12-21,24-29H2,1-3H3,(H,57,66)(H,58,69)(H,59,67);1H2/t32-,41+,44?,55+;/m1./s1. The van der Waals surface area contributed by atoms with Gasteiger partial charge in [0.2, 0.25) is 29.5 Å². The van der Waals surface area contributed by atoms with Crippen LogP contribution >= 0.6 is 25.3 Å². The minimum Gasteiger partial charge on any atom is -0.458 e. The second kappa shape index (κ2) is 25.2. The van der Waals surface area contributed by atoms with Crippen molar-refractivity contribution in [2.45, 2.75) is 121 Å². The van der Waals surface area contributed by atoms with Gasteiger partial charge in [0.15, 0.2) is 17.2 Å². The molecule has 77 heavy (non-hydrogen) atoms. The smallest absolute Gasteiger partial charge is 0.343 e. The number of benzene rings is 2. The van der Waals surface area contributed by atoms with Gasteiger partial charge in [0.1, 0.15) is 24.8 Å². The fourth-order valence-electron chi connectivity index (χ4n) is 10.5. The topological polar surface area (TPSA) is 267 Å². The molecule has 2 aromatic heterocycles. The number of cyclic esters (lactones) is 1. The van der Waals surface area contributed by atoms with Gasteiger partial charge in [-0.3, -0.25) is 48.1 Å². The Morgan fingerprint density at radius 3 is 2.42 bits per heavy atom. The van der Waals surface area contributed by atoms with E-state index in [0.717, 1.165) is 11.1 Å². The first kappa shape index (κ1) is 58.1. The number of likely N-dealkylation sites (tertiary alicyclic amines) is 1. The highest BCUT2D eigenvalue weighted by Gasteiger charge is 2.46. The van der Waals surface area contributed by atoms with E-state index in [4.69, 9.17) is 14.5 Å². The van der Waals surface area contributed by atoms with Crippen molar-refractivity contribution in [1.82, 2.24) is 30.4 Å². The molecule has 4 N–H and O–H groups in total. The van der Waals surface area contributed by atoms with Gasteiger partial charge < -0.3 is 35.1 Å². The number of esters is 1. The third-order valence-corrected chi connectivity index (χ3v) is 15.7. The van der Waals surface area contributed by atoms with Crippen LogP contribution in [-0.4, -0.2) is 117 Å². The molecule has 0 saturated carbocycles. The van der Waals surface area contributed by atoms with Crippen LogP contribution in [-0.2, 0) is 84.2 Å². The zero-order valence-corrected chi connectivity index (χ0v) is 45.0. The van der Waals surface area contributed by atoms with E-state index >= 15 is 4.39 Å². The molecule has 1 unspecified atom stereocenters. The molecule has 3 aliphatic heterocycles. The molecule has 4 aromatic rings. The Bertz CT molecular complexity index is 3100. The van der Waals surface area contributed by atoms with Crippen LogP contribution in [0.25, 0.3) is 22.3 Å². The Morgan fingerprint density at radius 1 is 0.935 bits per heavy atom. The van der Waals surface area contributed by atoms with Gasteiger partial charge in [-0.05, 0) is 80.0 Å². The number of Topliss-reactive ketones (excluding diaryl/α,β-unsaturated/α-hetero) is 3. The van der Waals surface area contributed by atoms with Crippen molar-refractivity contribution in [2.24, 2.45) is 5.92 Å². The lowest BCUT2D eigenvalue weighted by Gasteiger charge is -2.31. The number of hydrogen-bond acceptors (Lipinski definition) is 15. The van der Waals surface area contributed by atoms with E-state index in [0.29, 0.717) is 64.7 Å². The maximum Gasteiger partial charge on any atom is 0.343 e. The Balaban J connectivity index is 0.00000861. The molecule has 4 atom stereocenters. The van der Waals surface area contributed by atoms with E-state index in [1.807, 2.05) is 6.07 Å². The van der Waals surface area contributed by atoms with Crippen molar-refractivity contribution in [3.05, 3.63) is 97.6 Å². The van der Waals surface area contributed by atoms with Crippen molar-refractivity contribution in [1.29, 1.82) is 0 Å². The van der Waals surface area contributed by atoms with E-state index < -0.39 is 70.8 Å². The summed E-state index contributed by atoms with van der Waals surface area (Å²) in [5, 5.41) is 19.8. The van der Waals surface area contributed by atoms with Crippen molar-refractivity contribution in [3.8, 4) is 11.4 Å². The SMILES string of the molecule is CC[C@@]1(O)C(=O)OCc2c1cc1n(c2=O)Cc2c-1nc1cc(F)c(C)c3c1c2[C@@H](NC(=O)COCCC(=O)CNC(=O)[C@@H](CC(=O)CNC(=O)CCC(=O)CCCCN1C(=O)CC(SC)C1=O)Cc1ccccc1)CC3.S. The summed E-state index contributed by atoms with van der Waals surface area (Å²) >= 11 is 1.34. The highest BCUT2D eigenvalue weighted by molar-refractivity contribution is 8.00. The van der Waals surface area contributed by atoms with Crippen LogP contribution in [0.4, 0.5) is 4.39 Å². The zero-order valence-electron chi connectivity index (χ0n) is 43.2. The average molecular weight is 1100 g/mol. The van der Waals surface area contributed by atoms with E-state index in [1.54, 1.807) is 50.4 Å². The molecule has 22 heteroatoms. The molecule has 410 valence electrons. The normalized spacial score (nSPS) is 18.4. The van der Waals surface area contributed by atoms with Crippen LogP contribution in [0.2, 0.25) is 0 Å². The second-order valence-electron chi connectivity index (χ2n) is 19.7. The number of carbonyl (C=O) groups excluding carboxylic acids is 9. The summed E-state index contributed by atoms with van der Waals surface area (Å²) in [5.74, 6) is -5.16. The highest BCUT2D eigenvalue weighted by atomic mass is 32.2. The maximum absolute atomic E-state index is 15.4. The number of aliphatic hydroxyl groups is 1. The molecule has 8 rings (SSSR count). The lowest BCUT2D eigenvalue weighted by atomic mass is 9.81. The molecule has 2 aromatic carbocycles. The molecule has 5 amide bonds. The number of ketones is 3. The number of amides is 5. The number of imide groups is 1. The number of rotatable bonds is 25. The number of ether oxygens (including phenoxy) is 2. The van der Waals surface area contributed by atoms with Gasteiger partial charge in [-0.25, -0.2) is 14.2 Å². The van der Waals surface area contributed by atoms with E-state index in [2.05, 4.69) is 16.0 Å². The van der Waals surface area contributed by atoms with Gasteiger partial charge in [-0.15, -0.1) is 0 Å². The highest BCUT2D eigenvalue weighted by Crippen LogP contribution is 2.46. The first-order chi connectivity index (χ1) is 36.4. The molecule has 1 aliphatic carbocycles. The van der Waals surface area contributed by atoms with Gasteiger partial charge in [0, 0.05) is 73.6 Å². The molecular formula is C55H63FN6O13S2. The van der Waals surface area contributed by atoms with Gasteiger partial charge in [0.05, 0.1) is 60.0 Å². The summed E-state index contributed by atoms with van der Waals surface area (Å²) in [7, 11) is 0. The number of unbranched alkanes of at least 4 members (excludes halogenated alkanes) is 1. The van der Waals surface area contributed by atoms with Crippen molar-refractivity contribution in [2.75, 3.05) is 39.1 Å². The Morgan fingerprint density at radius 2 is 1.69 bits per heavy atom. The number of halogens is 1. The molecule has 5 heterocycles. The predicted molar refractivity (Wildman–Crippen MR) is 285 cm³/mol. The summed E-state index contributed by atoms with van der Waals surface area (Å²) in [6.07, 6.45) is 3.44. The lowest BCUT2D eigenvalue weighted by Crippen LogP contribution is -2.44. The fraction of sp³-hybridized carbons (Fsp3) is 0.473. The van der Waals surface area contributed by atoms with Gasteiger partial charge in [0.25, 0.3) is 5.56 Å². The largest absolute Gasteiger partial charge is 0.458 e. The minimum absolute atomic E-state index is 0. The van der Waals surface area contributed by atoms with E-state index in [-0.39, 0.29) is 138 Å². The Kier molecular flexibility index (Phi) is 19.0. The number of hydrogen-bond donors (Lipinski definition) is 4. The van der Waals surface area contributed by atoms with Crippen LogP contribution in [0, 0.1) is 18.7 Å². The summed E-state index contributed by atoms with van der Waals surface area (Å²) in [6, 6.07) is 11.3. The number of thioether (sulfide) groups is 1. The maximum atomic E-state index is 15.4.